The first-order valence-electron chi connectivity index (χ1n) is 6.72. The van der Waals surface area contributed by atoms with E-state index in [1.54, 1.807) is 0 Å². The molecule has 2 heteroatoms. The van der Waals surface area contributed by atoms with Gasteiger partial charge in [-0.05, 0) is 34.9 Å². The molecule has 19 heavy (non-hydrogen) atoms. The molecule has 0 aliphatic rings. The van der Waals surface area contributed by atoms with Crippen LogP contribution in [0.15, 0.2) is 54.6 Å². The molecule has 0 aromatic heterocycles. The fraction of sp³-hybridized carbons (Fsp3) is 0.294. The second kappa shape index (κ2) is 7.37. The van der Waals surface area contributed by atoms with E-state index in [2.05, 4.69) is 55.5 Å². The maximum Gasteiger partial charge on any atom is 0.0184 e. The van der Waals surface area contributed by atoms with E-state index in [1.165, 1.54) is 16.7 Å². The second-order valence-electron chi connectivity index (χ2n) is 4.92. The summed E-state index contributed by atoms with van der Waals surface area (Å²) in [5.41, 5.74) is 9.56. The summed E-state index contributed by atoms with van der Waals surface area (Å²) in [6, 6.07) is 19.4. The van der Waals surface area contributed by atoms with E-state index >= 15 is 0 Å². The van der Waals surface area contributed by atoms with Gasteiger partial charge in [0.2, 0.25) is 0 Å². The predicted octanol–water partition coefficient (Wildman–Crippen LogP) is 4.18. The van der Waals surface area contributed by atoms with Gasteiger partial charge >= 0.3 is 0 Å². The smallest absolute Gasteiger partial charge is 0.0184 e. The van der Waals surface area contributed by atoms with Gasteiger partial charge in [0.15, 0.2) is 0 Å². The zero-order valence-corrected chi connectivity index (χ0v) is 12.2. The van der Waals surface area contributed by atoms with Crippen LogP contribution in [0, 0.1) is 5.92 Å². The third kappa shape index (κ3) is 4.41. The second-order valence-corrected chi connectivity index (χ2v) is 5.95. The van der Waals surface area contributed by atoms with Gasteiger partial charge in [0.1, 0.15) is 0 Å². The maximum absolute atomic E-state index is 5.62. The Labute approximate surface area is 120 Å². The van der Waals surface area contributed by atoms with E-state index in [1.807, 2.05) is 17.8 Å². The minimum absolute atomic E-state index is 0.605. The van der Waals surface area contributed by atoms with Crippen LogP contribution in [0.1, 0.15) is 12.5 Å². The summed E-state index contributed by atoms with van der Waals surface area (Å²) < 4.78 is 0. The van der Waals surface area contributed by atoms with E-state index in [0.29, 0.717) is 5.92 Å². The molecule has 0 fully saturated rings. The lowest BCUT2D eigenvalue weighted by molar-refractivity contribution is 0.675. The van der Waals surface area contributed by atoms with Crippen LogP contribution in [0.5, 0.6) is 0 Å². The first-order chi connectivity index (χ1) is 9.29. The molecule has 2 aromatic rings. The molecule has 0 aliphatic carbocycles. The van der Waals surface area contributed by atoms with Gasteiger partial charge < -0.3 is 5.73 Å². The number of nitrogens with two attached hydrogens (primary N) is 1. The Hall–Kier alpha value is -1.25. The topological polar surface area (TPSA) is 26.0 Å². The highest BCUT2D eigenvalue weighted by molar-refractivity contribution is 7.98. The Morgan fingerprint density at radius 3 is 2.21 bits per heavy atom. The molecule has 0 aliphatic heterocycles. The number of hydrogen-bond donors (Lipinski definition) is 1. The van der Waals surface area contributed by atoms with Crippen LogP contribution in [-0.4, -0.2) is 12.3 Å². The third-order valence-corrected chi connectivity index (χ3v) is 4.48. The average Bonchev–Trinajstić information content (AvgIpc) is 2.48. The Morgan fingerprint density at radius 2 is 1.58 bits per heavy atom. The van der Waals surface area contributed by atoms with Gasteiger partial charge in [0.05, 0.1) is 0 Å². The molecule has 0 heterocycles. The Kier molecular flexibility index (Phi) is 5.49. The number of thioether (sulfide) groups is 1. The van der Waals surface area contributed by atoms with Crippen molar-refractivity contribution in [3.63, 3.8) is 0 Å². The van der Waals surface area contributed by atoms with Crippen LogP contribution in [0.4, 0.5) is 0 Å². The quantitative estimate of drug-likeness (QED) is 0.853. The summed E-state index contributed by atoms with van der Waals surface area (Å²) >= 11 is 1.96. The van der Waals surface area contributed by atoms with Crippen LogP contribution in [-0.2, 0) is 5.75 Å². The van der Waals surface area contributed by atoms with E-state index < -0.39 is 0 Å². The SMILES string of the molecule is CC(CN)CSCc1ccc(-c2ccccc2)cc1. The standard InChI is InChI=1S/C17H21NS/c1-14(11-18)12-19-13-15-7-9-17(10-8-15)16-5-3-2-4-6-16/h2-10,14H,11-13,18H2,1H3. The molecule has 2 N–H and O–H groups in total. The summed E-state index contributed by atoms with van der Waals surface area (Å²) in [5.74, 6) is 2.81. The van der Waals surface area contributed by atoms with Gasteiger partial charge in [-0.2, -0.15) is 11.8 Å². The first kappa shape index (κ1) is 14.2. The van der Waals surface area contributed by atoms with Gasteiger partial charge in [-0.3, -0.25) is 0 Å². The highest BCUT2D eigenvalue weighted by atomic mass is 32.2. The number of hydrogen-bond acceptors (Lipinski definition) is 2. The molecule has 0 saturated heterocycles. The van der Waals surface area contributed by atoms with Crippen molar-refractivity contribution < 1.29 is 0 Å². The molecule has 1 atom stereocenters. The summed E-state index contributed by atoms with van der Waals surface area (Å²) in [6.07, 6.45) is 0. The van der Waals surface area contributed by atoms with Crippen molar-refractivity contribution >= 4 is 11.8 Å². The van der Waals surface area contributed by atoms with Crippen molar-refractivity contribution in [3.05, 3.63) is 60.2 Å². The number of benzene rings is 2. The van der Waals surface area contributed by atoms with E-state index in [9.17, 15) is 0 Å². The van der Waals surface area contributed by atoms with Crippen LogP contribution in [0.25, 0.3) is 11.1 Å². The minimum atomic E-state index is 0.605. The van der Waals surface area contributed by atoms with Gasteiger partial charge in [0, 0.05) is 5.75 Å². The molecule has 100 valence electrons. The largest absolute Gasteiger partial charge is 0.330 e. The predicted molar refractivity (Wildman–Crippen MR) is 86.3 cm³/mol. The highest BCUT2D eigenvalue weighted by Crippen LogP contribution is 2.21. The molecule has 2 rings (SSSR count). The highest BCUT2D eigenvalue weighted by Gasteiger charge is 2.01. The average molecular weight is 271 g/mol. The van der Waals surface area contributed by atoms with Crippen molar-refractivity contribution in [2.75, 3.05) is 12.3 Å². The number of rotatable bonds is 6. The summed E-state index contributed by atoms with van der Waals surface area (Å²) in [4.78, 5) is 0. The van der Waals surface area contributed by atoms with Gasteiger partial charge in [-0.25, -0.2) is 0 Å². The zero-order valence-electron chi connectivity index (χ0n) is 11.4. The Balaban J connectivity index is 1.92. The molecule has 0 bridgehead atoms. The van der Waals surface area contributed by atoms with Crippen molar-refractivity contribution in [3.8, 4) is 11.1 Å². The summed E-state index contributed by atoms with van der Waals surface area (Å²) in [5, 5.41) is 0. The van der Waals surface area contributed by atoms with E-state index in [4.69, 9.17) is 5.73 Å². The third-order valence-electron chi connectivity index (χ3n) is 3.13. The monoisotopic (exact) mass is 271 g/mol. The lowest BCUT2D eigenvalue weighted by Gasteiger charge is -2.08. The van der Waals surface area contributed by atoms with Crippen molar-refractivity contribution in [1.29, 1.82) is 0 Å². The summed E-state index contributed by atoms with van der Waals surface area (Å²) in [6.45, 7) is 2.98. The minimum Gasteiger partial charge on any atom is -0.330 e. The molecule has 2 aromatic carbocycles. The molecular formula is C17H21NS. The van der Waals surface area contributed by atoms with Crippen molar-refractivity contribution in [1.82, 2.24) is 0 Å². The molecule has 0 saturated carbocycles. The first-order valence-corrected chi connectivity index (χ1v) is 7.87. The molecule has 0 spiro atoms. The molecule has 0 radical (unpaired) electrons. The van der Waals surface area contributed by atoms with E-state index in [0.717, 1.165) is 18.1 Å². The summed E-state index contributed by atoms with van der Waals surface area (Å²) in [7, 11) is 0. The fourth-order valence-electron chi connectivity index (χ4n) is 1.87. The van der Waals surface area contributed by atoms with E-state index in [-0.39, 0.29) is 0 Å². The van der Waals surface area contributed by atoms with Gasteiger partial charge in [-0.1, -0.05) is 61.5 Å². The van der Waals surface area contributed by atoms with Gasteiger partial charge in [-0.15, -0.1) is 0 Å². The molecule has 0 amide bonds. The van der Waals surface area contributed by atoms with Crippen LogP contribution >= 0.6 is 11.8 Å². The fourth-order valence-corrected chi connectivity index (χ4v) is 2.95. The molecular weight excluding hydrogens is 250 g/mol. The maximum atomic E-state index is 5.62. The van der Waals surface area contributed by atoms with Gasteiger partial charge in [0.25, 0.3) is 0 Å². The molecule has 1 unspecified atom stereocenters. The normalized spacial score (nSPS) is 12.3. The van der Waals surface area contributed by atoms with Crippen LogP contribution in [0.3, 0.4) is 0 Å². The molecule has 1 nitrogen and oxygen atoms in total. The van der Waals surface area contributed by atoms with Crippen LogP contribution < -0.4 is 5.73 Å². The lowest BCUT2D eigenvalue weighted by Crippen LogP contribution is -2.12. The van der Waals surface area contributed by atoms with Crippen molar-refractivity contribution in [2.45, 2.75) is 12.7 Å². The lowest BCUT2D eigenvalue weighted by atomic mass is 10.0. The van der Waals surface area contributed by atoms with Crippen molar-refractivity contribution in [2.24, 2.45) is 11.7 Å². The Bertz CT molecular complexity index is 478. The van der Waals surface area contributed by atoms with Crippen LogP contribution in [0.2, 0.25) is 0 Å². The Morgan fingerprint density at radius 1 is 0.947 bits per heavy atom. The zero-order chi connectivity index (χ0) is 13.5.